The molecule has 0 aliphatic rings. The van der Waals surface area contributed by atoms with Crippen molar-refractivity contribution in [3.8, 4) is 0 Å². The summed E-state index contributed by atoms with van der Waals surface area (Å²) in [6.45, 7) is 3.31. The van der Waals surface area contributed by atoms with Crippen LogP contribution in [-0.4, -0.2) is 30.3 Å². The fourth-order valence-corrected chi connectivity index (χ4v) is 2.96. The van der Waals surface area contributed by atoms with Crippen molar-refractivity contribution in [3.63, 3.8) is 0 Å². The Morgan fingerprint density at radius 2 is 1.58 bits per heavy atom. The van der Waals surface area contributed by atoms with E-state index in [1.165, 1.54) is 12.1 Å². The van der Waals surface area contributed by atoms with Crippen molar-refractivity contribution in [1.82, 2.24) is 10.9 Å². The number of amides is 3. The number of hydrazine groups is 1. The largest absolute Gasteiger partial charge is 0.456 e. The first kappa shape index (κ1) is 24.4. The van der Waals surface area contributed by atoms with Crippen molar-refractivity contribution in [2.75, 3.05) is 11.9 Å². The Balaban J connectivity index is 1.68. The summed E-state index contributed by atoms with van der Waals surface area (Å²) in [6, 6.07) is 9.66. The van der Waals surface area contributed by atoms with Crippen LogP contribution in [0.25, 0.3) is 0 Å². The Hall–Kier alpha value is -2.91. The first-order valence-electron chi connectivity index (χ1n) is 9.23. The summed E-state index contributed by atoms with van der Waals surface area (Å²) >= 11 is 9.16. The zero-order chi connectivity index (χ0) is 23.0. The van der Waals surface area contributed by atoms with E-state index in [4.69, 9.17) is 16.3 Å². The molecule has 3 N–H and O–H groups in total. The molecule has 31 heavy (non-hydrogen) atoms. The summed E-state index contributed by atoms with van der Waals surface area (Å²) in [5.74, 6) is -2.30. The molecular formula is C21H21BrClN3O5. The number of carbonyl (C=O) groups is 4. The third-order valence-corrected chi connectivity index (χ3v) is 5.45. The van der Waals surface area contributed by atoms with E-state index in [-0.39, 0.29) is 12.8 Å². The van der Waals surface area contributed by atoms with Crippen LogP contribution in [0, 0.1) is 13.8 Å². The lowest BCUT2D eigenvalue weighted by Gasteiger charge is -2.12. The van der Waals surface area contributed by atoms with Crippen molar-refractivity contribution in [2.45, 2.75) is 26.7 Å². The highest BCUT2D eigenvalue weighted by atomic mass is 79.9. The molecular weight excluding hydrogens is 490 g/mol. The van der Waals surface area contributed by atoms with Crippen molar-refractivity contribution in [2.24, 2.45) is 0 Å². The third-order valence-electron chi connectivity index (χ3n) is 4.34. The van der Waals surface area contributed by atoms with Crippen molar-refractivity contribution in [1.29, 1.82) is 0 Å². The number of ether oxygens (including phenoxy) is 1. The molecule has 10 heteroatoms. The normalized spacial score (nSPS) is 10.2. The molecule has 0 fully saturated rings. The summed E-state index contributed by atoms with van der Waals surface area (Å²) in [5, 5.41) is 3.16. The molecule has 0 radical (unpaired) electrons. The van der Waals surface area contributed by atoms with Crippen LogP contribution in [0.15, 0.2) is 40.9 Å². The Kier molecular flexibility index (Phi) is 9.02. The molecule has 164 valence electrons. The van der Waals surface area contributed by atoms with E-state index in [1.54, 1.807) is 18.2 Å². The lowest BCUT2D eigenvalue weighted by molar-refractivity contribution is -0.148. The molecule has 2 rings (SSSR count). The number of hydrogen-bond donors (Lipinski definition) is 3. The fraction of sp³-hybridized carbons (Fsp3) is 0.238. The quantitative estimate of drug-likeness (QED) is 0.390. The molecule has 0 bridgehead atoms. The minimum atomic E-state index is -0.710. The smallest absolute Gasteiger partial charge is 0.306 e. The fourth-order valence-electron chi connectivity index (χ4n) is 2.41. The highest BCUT2D eigenvalue weighted by molar-refractivity contribution is 9.10. The van der Waals surface area contributed by atoms with Gasteiger partial charge >= 0.3 is 5.97 Å². The van der Waals surface area contributed by atoms with Crippen LogP contribution in [0.5, 0.6) is 0 Å². The van der Waals surface area contributed by atoms with E-state index < -0.39 is 30.3 Å². The highest BCUT2D eigenvalue weighted by Crippen LogP contribution is 2.25. The number of esters is 1. The van der Waals surface area contributed by atoms with Crippen LogP contribution in [0.2, 0.25) is 5.02 Å². The molecule has 0 saturated carbocycles. The van der Waals surface area contributed by atoms with E-state index in [9.17, 15) is 19.2 Å². The number of rotatable bonds is 7. The number of anilines is 1. The van der Waals surface area contributed by atoms with Gasteiger partial charge in [-0.15, -0.1) is 0 Å². The molecule has 0 unspecified atom stereocenters. The van der Waals surface area contributed by atoms with Gasteiger partial charge in [-0.25, -0.2) is 0 Å². The minimum absolute atomic E-state index is 0.216. The average Bonchev–Trinajstić information content (AvgIpc) is 2.75. The number of nitrogens with one attached hydrogen (secondary N) is 3. The lowest BCUT2D eigenvalue weighted by Crippen LogP contribution is -2.41. The summed E-state index contributed by atoms with van der Waals surface area (Å²) in [7, 11) is 0. The van der Waals surface area contributed by atoms with Crippen LogP contribution in [-0.2, 0) is 19.1 Å². The van der Waals surface area contributed by atoms with Gasteiger partial charge in [0.1, 0.15) is 0 Å². The molecule has 0 heterocycles. The molecule has 0 spiro atoms. The van der Waals surface area contributed by atoms with Gasteiger partial charge in [-0.3, -0.25) is 30.0 Å². The maximum atomic E-state index is 12.0. The van der Waals surface area contributed by atoms with Gasteiger partial charge in [0.05, 0.1) is 6.42 Å². The van der Waals surface area contributed by atoms with Gasteiger partial charge in [0.25, 0.3) is 11.8 Å². The van der Waals surface area contributed by atoms with E-state index >= 15 is 0 Å². The van der Waals surface area contributed by atoms with Crippen LogP contribution in [0.1, 0.15) is 34.3 Å². The molecule has 0 saturated heterocycles. The zero-order valence-corrected chi connectivity index (χ0v) is 19.2. The second kappa shape index (κ2) is 11.5. The third kappa shape index (κ3) is 7.69. The topological polar surface area (TPSA) is 114 Å². The summed E-state index contributed by atoms with van der Waals surface area (Å²) in [5.41, 5.74) is 7.25. The monoisotopic (exact) mass is 509 g/mol. The summed E-state index contributed by atoms with van der Waals surface area (Å²) in [6.07, 6.45) is -0.460. The van der Waals surface area contributed by atoms with E-state index in [1.807, 2.05) is 19.9 Å². The predicted molar refractivity (Wildman–Crippen MR) is 119 cm³/mol. The highest BCUT2D eigenvalue weighted by Gasteiger charge is 2.13. The van der Waals surface area contributed by atoms with Gasteiger partial charge in [0.15, 0.2) is 6.61 Å². The van der Waals surface area contributed by atoms with Gasteiger partial charge in [-0.2, -0.15) is 0 Å². The maximum Gasteiger partial charge on any atom is 0.306 e. The number of benzene rings is 2. The van der Waals surface area contributed by atoms with E-state index in [0.717, 1.165) is 15.6 Å². The van der Waals surface area contributed by atoms with Crippen LogP contribution < -0.4 is 16.2 Å². The summed E-state index contributed by atoms with van der Waals surface area (Å²) < 4.78 is 5.81. The standard InChI is InChI=1S/C21H21BrClN3O5/c1-12-13(2)17(8-7-16(12)22)24-19(28)11-31-20(29)10-9-18(27)25-26-21(30)14-3-5-15(23)6-4-14/h3-8H,9-11H2,1-2H3,(H,24,28)(H,25,27)(H,26,30). The molecule has 0 atom stereocenters. The van der Waals surface area contributed by atoms with Crippen LogP contribution in [0.3, 0.4) is 0 Å². The van der Waals surface area contributed by atoms with Crippen molar-refractivity contribution >= 4 is 56.9 Å². The first-order chi connectivity index (χ1) is 14.7. The van der Waals surface area contributed by atoms with Gasteiger partial charge in [0.2, 0.25) is 5.91 Å². The van der Waals surface area contributed by atoms with Crippen LogP contribution in [0.4, 0.5) is 5.69 Å². The molecule has 0 aliphatic heterocycles. The summed E-state index contributed by atoms with van der Waals surface area (Å²) in [4.78, 5) is 47.4. The second-order valence-electron chi connectivity index (χ2n) is 6.56. The molecule has 0 aromatic heterocycles. The number of halogens is 2. The second-order valence-corrected chi connectivity index (χ2v) is 7.85. The lowest BCUT2D eigenvalue weighted by atomic mass is 10.1. The van der Waals surface area contributed by atoms with Crippen LogP contribution >= 0.6 is 27.5 Å². The molecule has 3 amide bonds. The Morgan fingerprint density at radius 3 is 2.26 bits per heavy atom. The Bertz CT molecular complexity index is 995. The SMILES string of the molecule is Cc1c(Br)ccc(NC(=O)COC(=O)CCC(=O)NNC(=O)c2ccc(Cl)cc2)c1C. The van der Waals surface area contributed by atoms with E-state index in [2.05, 4.69) is 32.1 Å². The van der Waals surface area contributed by atoms with Gasteiger partial charge < -0.3 is 10.1 Å². The Labute approximate surface area is 192 Å². The molecule has 8 nitrogen and oxygen atoms in total. The number of hydrogen-bond acceptors (Lipinski definition) is 5. The molecule has 2 aromatic rings. The number of carbonyl (C=O) groups excluding carboxylic acids is 4. The maximum absolute atomic E-state index is 12.0. The molecule has 2 aromatic carbocycles. The van der Waals surface area contributed by atoms with Crippen molar-refractivity contribution in [3.05, 3.63) is 62.6 Å². The first-order valence-corrected chi connectivity index (χ1v) is 10.4. The van der Waals surface area contributed by atoms with Crippen molar-refractivity contribution < 1.29 is 23.9 Å². The van der Waals surface area contributed by atoms with E-state index in [0.29, 0.717) is 16.3 Å². The minimum Gasteiger partial charge on any atom is -0.456 e. The predicted octanol–water partition coefficient (Wildman–Crippen LogP) is 3.44. The zero-order valence-electron chi connectivity index (χ0n) is 16.9. The van der Waals surface area contributed by atoms with Gasteiger partial charge in [-0.1, -0.05) is 27.5 Å². The Morgan fingerprint density at radius 1 is 0.903 bits per heavy atom. The van der Waals surface area contributed by atoms with Gasteiger partial charge in [0, 0.05) is 27.2 Å². The molecule has 0 aliphatic carbocycles. The average molecular weight is 511 g/mol. The van der Waals surface area contributed by atoms with Gasteiger partial charge in [-0.05, 0) is 61.4 Å².